The lowest BCUT2D eigenvalue weighted by Gasteiger charge is -2.45. The van der Waals surface area contributed by atoms with Crippen LogP contribution in [0, 0.1) is 0 Å². The zero-order chi connectivity index (χ0) is 72.8. The summed E-state index contributed by atoms with van der Waals surface area (Å²) in [7, 11) is -55.4. The molecule has 0 spiro atoms. The van der Waals surface area contributed by atoms with Gasteiger partial charge in [0.05, 0.1) is 7.11 Å². The Balaban J connectivity index is 1.94. The molecular formula is C36H54N4O46S9. The van der Waals surface area contributed by atoms with E-state index in [9.17, 15) is 141 Å². The number of rotatable bonds is 31. The zero-order valence-electron chi connectivity index (χ0n) is 47.3. The molecule has 3 fully saturated rings. The smallest absolute Gasteiger partial charge is 0.407 e. The van der Waals surface area contributed by atoms with Crippen LogP contribution in [0.5, 0.6) is 0 Å². The molecule has 3 heterocycles. The minimum Gasteiger partial charge on any atom is -0.467 e. The Bertz CT molecular complexity index is 4020. The van der Waals surface area contributed by atoms with Crippen molar-refractivity contribution in [3.63, 3.8) is 0 Å². The van der Waals surface area contributed by atoms with Gasteiger partial charge in [-0.2, -0.15) is 75.8 Å². The van der Waals surface area contributed by atoms with E-state index in [1.54, 1.807) is 10.6 Å². The van der Waals surface area contributed by atoms with Crippen LogP contribution in [0.2, 0.25) is 0 Å². The summed E-state index contributed by atoms with van der Waals surface area (Å²) in [4.78, 5) is 68.5. The molecule has 16 atom stereocenters. The first kappa shape index (κ1) is 82.5. The maximum absolute atomic E-state index is 14.5. The molecule has 59 heteroatoms. The van der Waals surface area contributed by atoms with Crippen LogP contribution in [0.3, 0.4) is 0 Å². The van der Waals surface area contributed by atoms with Gasteiger partial charge in [-0.1, -0.05) is 30.3 Å². The average molecular weight is 1570 g/mol. The highest BCUT2D eigenvalue weighted by Crippen LogP contribution is 2.35. The number of benzene rings is 1. The predicted molar refractivity (Wildman–Crippen MR) is 288 cm³/mol. The molecule has 1 aromatic rings. The standard InChI is InChI=1S/C36H54N4O46S9/c1-36(2,3)77-35(45)39-13-18-21(80-89(52,53)54)23(82-91(58,59)60)26(85-94(67,68)69)29(75-18)32(42)37-11-16-19(78-87(46,47)48)22(81-90(55,56)57)25(84-93(64,65)66)28(74-16)31(41)38-12-17-20(79-88(49,50)51)24(83-92(61,62)63)27(86-95(70,71)72)30(76-17)33(43)40-15(34(44)73-4)10-14-8-6-5-7-9-14/h5-9,15-30H,10-13H2,1-4H3,(H,37,42)(H,38,41)(H,39,45)(H,40,43)(H,46,47,48)(H,49,50,51)(H,52,53,54)(H,55,56,57)(H,58,59,60)(H,61,62,63)(H,64,65,66)(H,67,68,69)(H,70,71,72)/t15?,16-,17-,18-,19-,20-,21-,22+,23+,24+,25-,26-,27-,28?,29?,30-/m1/s1. The normalized spacial score (nSPS) is 28.0. The van der Waals surface area contributed by atoms with Crippen molar-refractivity contribution in [2.24, 2.45) is 0 Å². The number of amides is 4. The van der Waals surface area contributed by atoms with Crippen LogP contribution in [-0.2, 0) is 181 Å². The molecule has 13 N–H and O–H groups in total. The van der Waals surface area contributed by atoms with Crippen molar-refractivity contribution in [1.82, 2.24) is 21.3 Å². The third-order valence-corrected chi connectivity index (χ3v) is 15.8. The molecule has 0 radical (unpaired) electrons. The van der Waals surface area contributed by atoms with Crippen molar-refractivity contribution in [2.75, 3.05) is 26.7 Å². The zero-order valence-corrected chi connectivity index (χ0v) is 54.6. The Morgan fingerprint density at radius 3 is 0.947 bits per heavy atom. The fourth-order valence-electron chi connectivity index (χ4n) is 8.67. The first-order valence-electron chi connectivity index (χ1n) is 24.6. The number of alkyl carbamates (subject to hydrolysis) is 1. The van der Waals surface area contributed by atoms with Gasteiger partial charge in [-0.15, -0.1) is 0 Å². The SMILES string of the molecule is COC(=O)C(Cc1ccccc1)NC(=O)[C@@H]1O[C@H](CNC(=O)C2O[C@H](CNC(=O)C3O[C@H](CNC(=O)OC(C)(C)C)[C@@H](OS(=O)(=O)O)[C@H](OS(=O)(=O)O)[C@H]3OS(=O)(=O)O)[C@@H](OS(=O)(=O)O)[C@H](OS(=O)(=O)O)[C@H]2OS(=O)(=O)O)[C@@H](OS(=O)(=O)O)[C@H](OS(=O)(=O)O)[C@H]1OS(=O)(=O)O. The Labute approximate surface area is 536 Å². The molecule has 0 bridgehead atoms. The van der Waals surface area contributed by atoms with Crippen LogP contribution >= 0.6 is 0 Å². The highest BCUT2D eigenvalue weighted by atomic mass is 32.3. The van der Waals surface area contributed by atoms with E-state index in [4.69, 9.17) is 18.9 Å². The van der Waals surface area contributed by atoms with Gasteiger partial charge in [0.1, 0.15) is 84.9 Å². The summed E-state index contributed by atoms with van der Waals surface area (Å²) in [5.41, 5.74) is -1.17. The van der Waals surface area contributed by atoms with Crippen molar-refractivity contribution < 1.29 is 202 Å². The van der Waals surface area contributed by atoms with E-state index in [1.165, 1.54) is 51.1 Å². The van der Waals surface area contributed by atoms with Gasteiger partial charge in [0.15, 0.2) is 18.3 Å². The van der Waals surface area contributed by atoms with Gasteiger partial charge >= 0.3 is 106 Å². The minimum atomic E-state index is -6.39. The predicted octanol–water partition coefficient (Wildman–Crippen LogP) is -8.36. The highest BCUT2D eigenvalue weighted by molar-refractivity contribution is 7.82. The summed E-state index contributed by atoms with van der Waals surface area (Å²) < 4.78 is 374. The molecule has 4 amide bonds. The molecule has 3 aliphatic heterocycles. The molecule has 3 aliphatic rings. The molecule has 50 nitrogen and oxygen atoms in total. The number of nitrogens with one attached hydrogen (secondary N) is 4. The van der Waals surface area contributed by atoms with Gasteiger partial charge in [0.2, 0.25) is 0 Å². The van der Waals surface area contributed by atoms with Crippen molar-refractivity contribution >= 4 is 123 Å². The fourth-order valence-corrected chi connectivity index (χ4v) is 13.2. The van der Waals surface area contributed by atoms with Gasteiger partial charge in [-0.25, -0.2) is 47.2 Å². The van der Waals surface area contributed by atoms with Crippen molar-refractivity contribution in [3.8, 4) is 0 Å². The second kappa shape index (κ2) is 31.5. The number of carbonyl (C=O) groups excluding carboxylic acids is 5. The Kier molecular flexibility index (Phi) is 27.4. The number of hydrogen-bond acceptors (Lipinski definition) is 37. The second-order valence-electron chi connectivity index (χ2n) is 19.8. The second-order valence-corrected chi connectivity index (χ2v) is 29.3. The largest absolute Gasteiger partial charge is 0.467 e. The van der Waals surface area contributed by atoms with Crippen LogP contribution in [0.1, 0.15) is 26.3 Å². The monoisotopic (exact) mass is 1570 g/mol. The van der Waals surface area contributed by atoms with E-state index in [0.717, 1.165) is 7.11 Å². The molecule has 4 rings (SSSR count). The van der Waals surface area contributed by atoms with E-state index >= 15 is 0 Å². The van der Waals surface area contributed by atoms with Gasteiger partial charge in [0, 0.05) is 26.1 Å². The molecule has 1 aromatic carbocycles. The van der Waals surface area contributed by atoms with Crippen LogP contribution < -0.4 is 21.3 Å². The molecule has 95 heavy (non-hydrogen) atoms. The lowest BCUT2D eigenvalue weighted by atomic mass is 9.92. The lowest BCUT2D eigenvalue weighted by molar-refractivity contribution is -0.210. The topological polar surface area (TPSA) is 752 Å². The van der Waals surface area contributed by atoms with Crippen molar-refractivity contribution in [2.45, 2.75) is 130 Å². The quantitative estimate of drug-likeness (QED) is 0.0243. The van der Waals surface area contributed by atoms with Crippen LogP contribution in [-0.4, -0.2) is 276 Å². The van der Waals surface area contributed by atoms with Gasteiger partial charge < -0.3 is 45.0 Å². The lowest BCUT2D eigenvalue weighted by Crippen LogP contribution is -2.69. The fraction of sp³-hybridized carbons (Fsp3) is 0.694. The summed E-state index contributed by atoms with van der Waals surface area (Å²) in [6.45, 7) is -1.29. The van der Waals surface area contributed by atoms with E-state index in [-0.39, 0.29) is 5.56 Å². The minimum absolute atomic E-state index is 0.211. The van der Waals surface area contributed by atoms with Gasteiger partial charge in [-0.05, 0) is 26.3 Å². The first-order valence-corrected chi connectivity index (χ1v) is 36.9. The highest BCUT2D eigenvalue weighted by Gasteiger charge is 2.60. The third-order valence-electron chi connectivity index (χ3n) is 11.7. The average Bonchev–Trinajstić information content (AvgIpc) is 0.777. The number of esters is 1. The molecule has 0 saturated carbocycles. The summed E-state index contributed by atoms with van der Waals surface area (Å²) in [5, 5.41) is 7.00. The molecule has 548 valence electrons. The molecule has 0 aliphatic carbocycles. The van der Waals surface area contributed by atoms with Crippen LogP contribution in [0.15, 0.2) is 30.3 Å². The van der Waals surface area contributed by atoms with E-state index in [0.29, 0.717) is 0 Å². The van der Waals surface area contributed by atoms with E-state index < -0.39 is 253 Å². The Hall–Kier alpha value is -4.92. The molecule has 3 unspecified atom stereocenters. The first-order chi connectivity index (χ1) is 42.8. The summed E-state index contributed by atoms with van der Waals surface area (Å²) in [5.74, 6) is -7.73. The number of hydrogen-bond donors (Lipinski definition) is 13. The van der Waals surface area contributed by atoms with E-state index in [1.807, 2.05) is 10.6 Å². The van der Waals surface area contributed by atoms with E-state index in [2.05, 4.69) is 42.4 Å². The summed E-state index contributed by atoms with van der Waals surface area (Å²) in [6.07, 6.45) is -50.0. The van der Waals surface area contributed by atoms with Crippen LogP contribution in [0.4, 0.5) is 4.79 Å². The van der Waals surface area contributed by atoms with Crippen molar-refractivity contribution in [1.29, 1.82) is 0 Å². The summed E-state index contributed by atoms with van der Waals surface area (Å²) >= 11 is 0. The number of ether oxygens (including phenoxy) is 5. The van der Waals surface area contributed by atoms with Crippen LogP contribution in [0.25, 0.3) is 0 Å². The van der Waals surface area contributed by atoms with Crippen molar-refractivity contribution in [3.05, 3.63) is 35.9 Å². The third kappa shape index (κ3) is 28.5. The molecule has 0 aromatic heterocycles. The number of methoxy groups -OCH3 is 1. The van der Waals surface area contributed by atoms with Gasteiger partial charge in [0.25, 0.3) is 17.7 Å². The Morgan fingerprint density at radius 2 is 0.674 bits per heavy atom. The molecule has 3 saturated heterocycles. The maximum Gasteiger partial charge on any atom is 0.407 e. The Morgan fingerprint density at radius 1 is 0.411 bits per heavy atom. The maximum atomic E-state index is 14.5. The molecular weight excluding hydrogens is 1510 g/mol. The summed E-state index contributed by atoms with van der Waals surface area (Å²) in [6, 6.07) is 5.11. The van der Waals surface area contributed by atoms with Gasteiger partial charge in [-0.3, -0.25) is 55.4 Å². The number of carbonyl (C=O) groups is 5.